The Morgan fingerprint density at radius 3 is 2.70 bits per heavy atom. The van der Waals surface area contributed by atoms with Crippen molar-refractivity contribution in [1.29, 1.82) is 0 Å². The minimum Gasteiger partial charge on any atom is -0.338 e. The van der Waals surface area contributed by atoms with Gasteiger partial charge >= 0.3 is 0 Å². The first-order chi connectivity index (χ1) is 4.70. The number of Topliss-reactive ketones (excluding diaryl/α,β-unsaturated/α-hetero) is 1. The Bertz CT molecular complexity index is 165. The molecule has 0 atom stereocenters. The van der Waals surface area contributed by atoms with E-state index in [1.165, 1.54) is 4.90 Å². The SMILES string of the molecule is CN1CC(=O)CCCC1=O. The third kappa shape index (κ3) is 1.56. The number of hydrogen-bond acceptors (Lipinski definition) is 2. The maximum atomic E-state index is 10.9. The van der Waals surface area contributed by atoms with Crippen LogP contribution in [-0.4, -0.2) is 30.2 Å². The lowest BCUT2D eigenvalue weighted by Crippen LogP contribution is -2.28. The maximum Gasteiger partial charge on any atom is 0.222 e. The van der Waals surface area contributed by atoms with E-state index < -0.39 is 0 Å². The average Bonchev–Trinajstić information content (AvgIpc) is 1.96. The minimum absolute atomic E-state index is 0.0888. The standard InChI is InChI=1S/C7H11NO2/c1-8-5-6(9)3-2-4-7(8)10/h2-5H2,1H3. The molecule has 3 heteroatoms. The summed E-state index contributed by atoms with van der Waals surface area (Å²) < 4.78 is 0. The van der Waals surface area contributed by atoms with Crippen molar-refractivity contribution in [1.82, 2.24) is 4.90 Å². The Morgan fingerprint density at radius 1 is 1.30 bits per heavy atom. The van der Waals surface area contributed by atoms with Crippen LogP contribution >= 0.6 is 0 Å². The molecule has 10 heavy (non-hydrogen) atoms. The molecule has 1 saturated heterocycles. The predicted molar refractivity (Wildman–Crippen MR) is 36.5 cm³/mol. The molecule has 56 valence electrons. The number of amides is 1. The zero-order chi connectivity index (χ0) is 7.56. The summed E-state index contributed by atoms with van der Waals surface area (Å²) >= 11 is 0. The smallest absolute Gasteiger partial charge is 0.222 e. The third-order valence-electron chi connectivity index (χ3n) is 1.69. The van der Waals surface area contributed by atoms with E-state index in [0.717, 1.165) is 6.42 Å². The molecule has 1 fully saturated rings. The summed E-state index contributed by atoms with van der Waals surface area (Å²) in [6.45, 7) is 0.304. The number of rotatable bonds is 0. The number of carbonyl (C=O) groups excluding carboxylic acids is 2. The van der Waals surface area contributed by atoms with Gasteiger partial charge in [0.15, 0.2) is 5.78 Å². The highest BCUT2D eigenvalue weighted by Crippen LogP contribution is 2.05. The van der Waals surface area contributed by atoms with E-state index in [2.05, 4.69) is 0 Å². The molecule has 0 spiro atoms. The van der Waals surface area contributed by atoms with Crippen molar-refractivity contribution in [2.24, 2.45) is 0 Å². The van der Waals surface area contributed by atoms with E-state index in [4.69, 9.17) is 0 Å². The van der Waals surface area contributed by atoms with Gasteiger partial charge in [-0.15, -0.1) is 0 Å². The van der Waals surface area contributed by atoms with Crippen LogP contribution in [-0.2, 0) is 9.59 Å². The van der Waals surface area contributed by atoms with Crippen molar-refractivity contribution in [3.8, 4) is 0 Å². The van der Waals surface area contributed by atoms with Gasteiger partial charge in [0.2, 0.25) is 5.91 Å². The quantitative estimate of drug-likeness (QED) is 0.483. The van der Waals surface area contributed by atoms with Crippen molar-refractivity contribution in [3.05, 3.63) is 0 Å². The summed E-state index contributed by atoms with van der Waals surface area (Å²) in [5.74, 6) is 0.263. The molecule has 1 aliphatic rings. The van der Waals surface area contributed by atoms with E-state index >= 15 is 0 Å². The molecule has 0 aromatic heterocycles. The van der Waals surface area contributed by atoms with Gasteiger partial charge in [-0.1, -0.05) is 0 Å². The van der Waals surface area contributed by atoms with Crippen molar-refractivity contribution in [2.75, 3.05) is 13.6 Å². The van der Waals surface area contributed by atoms with Crippen molar-refractivity contribution >= 4 is 11.7 Å². The summed E-state index contributed by atoms with van der Waals surface area (Å²) in [6, 6.07) is 0. The third-order valence-corrected chi connectivity index (χ3v) is 1.69. The van der Waals surface area contributed by atoms with Crippen LogP contribution in [0.2, 0.25) is 0 Å². The zero-order valence-corrected chi connectivity index (χ0v) is 6.09. The van der Waals surface area contributed by atoms with Crippen LogP contribution in [0, 0.1) is 0 Å². The van der Waals surface area contributed by atoms with Crippen LogP contribution in [0.3, 0.4) is 0 Å². The molecular weight excluding hydrogens is 130 g/mol. The lowest BCUT2D eigenvalue weighted by Gasteiger charge is -2.11. The van der Waals surface area contributed by atoms with Gasteiger partial charge in [0.1, 0.15) is 0 Å². The van der Waals surface area contributed by atoms with Crippen LogP contribution in [0.1, 0.15) is 19.3 Å². The van der Waals surface area contributed by atoms with E-state index in [1.54, 1.807) is 7.05 Å². The number of likely N-dealkylation sites (N-methyl/N-ethyl adjacent to an activating group) is 1. The second-order valence-corrected chi connectivity index (χ2v) is 2.64. The van der Waals surface area contributed by atoms with Crippen molar-refractivity contribution in [2.45, 2.75) is 19.3 Å². The Kier molecular flexibility index (Phi) is 2.04. The highest BCUT2D eigenvalue weighted by Gasteiger charge is 2.16. The highest BCUT2D eigenvalue weighted by atomic mass is 16.2. The van der Waals surface area contributed by atoms with Gasteiger partial charge in [0, 0.05) is 19.9 Å². The molecule has 0 saturated carbocycles. The fraction of sp³-hybridized carbons (Fsp3) is 0.714. The molecule has 1 rings (SSSR count). The molecular formula is C7H11NO2. The molecule has 0 unspecified atom stereocenters. The molecule has 0 N–H and O–H groups in total. The summed E-state index contributed by atoms with van der Waals surface area (Å²) in [6.07, 6.45) is 1.82. The number of likely N-dealkylation sites (tertiary alicyclic amines) is 1. The zero-order valence-electron chi connectivity index (χ0n) is 6.09. The number of ketones is 1. The number of nitrogens with zero attached hydrogens (tertiary/aromatic N) is 1. The normalized spacial score (nSPS) is 21.1. The van der Waals surface area contributed by atoms with Gasteiger partial charge in [-0.25, -0.2) is 0 Å². The van der Waals surface area contributed by atoms with E-state index in [-0.39, 0.29) is 11.7 Å². The monoisotopic (exact) mass is 141 g/mol. The van der Waals surface area contributed by atoms with Crippen LogP contribution < -0.4 is 0 Å². The first kappa shape index (κ1) is 7.25. The molecule has 0 aromatic carbocycles. The average molecular weight is 141 g/mol. The van der Waals surface area contributed by atoms with Crippen molar-refractivity contribution < 1.29 is 9.59 Å². The summed E-state index contributed by atoms with van der Waals surface area (Å²) in [5.41, 5.74) is 0. The summed E-state index contributed by atoms with van der Waals surface area (Å²) in [4.78, 5) is 23.3. The predicted octanol–water partition coefficient (Wildman–Crippen LogP) is 0.198. The maximum absolute atomic E-state index is 10.9. The van der Waals surface area contributed by atoms with Gasteiger partial charge in [-0.05, 0) is 6.42 Å². The molecule has 3 nitrogen and oxygen atoms in total. The Balaban J connectivity index is 2.57. The van der Waals surface area contributed by atoms with Gasteiger partial charge in [0.25, 0.3) is 0 Å². The fourth-order valence-electron chi connectivity index (χ4n) is 1.06. The lowest BCUT2D eigenvalue weighted by molar-refractivity contribution is -0.132. The second-order valence-electron chi connectivity index (χ2n) is 2.64. The molecule has 0 bridgehead atoms. The molecule has 1 amide bonds. The first-order valence-electron chi connectivity index (χ1n) is 3.46. The van der Waals surface area contributed by atoms with E-state index in [0.29, 0.717) is 19.4 Å². The summed E-state index contributed by atoms with van der Waals surface area (Å²) in [5, 5.41) is 0. The van der Waals surface area contributed by atoms with Crippen LogP contribution in [0.4, 0.5) is 0 Å². The van der Waals surface area contributed by atoms with Gasteiger partial charge < -0.3 is 4.90 Å². The first-order valence-corrected chi connectivity index (χ1v) is 3.46. The highest BCUT2D eigenvalue weighted by molar-refractivity contribution is 5.88. The van der Waals surface area contributed by atoms with Gasteiger partial charge in [0.05, 0.1) is 6.54 Å². The molecule has 0 aliphatic carbocycles. The Labute approximate surface area is 60.0 Å². The number of carbonyl (C=O) groups is 2. The van der Waals surface area contributed by atoms with E-state index in [9.17, 15) is 9.59 Å². The Hall–Kier alpha value is -0.860. The minimum atomic E-state index is 0.0888. The molecule has 1 aliphatic heterocycles. The molecule has 1 heterocycles. The van der Waals surface area contributed by atoms with Crippen LogP contribution in [0.25, 0.3) is 0 Å². The topological polar surface area (TPSA) is 37.4 Å². The van der Waals surface area contributed by atoms with E-state index in [1.807, 2.05) is 0 Å². The van der Waals surface area contributed by atoms with Gasteiger partial charge in [-0.3, -0.25) is 9.59 Å². The van der Waals surface area contributed by atoms with Crippen LogP contribution in [0.5, 0.6) is 0 Å². The Morgan fingerprint density at radius 2 is 2.00 bits per heavy atom. The largest absolute Gasteiger partial charge is 0.338 e. The summed E-state index contributed by atoms with van der Waals surface area (Å²) in [7, 11) is 1.67. The van der Waals surface area contributed by atoms with Gasteiger partial charge in [-0.2, -0.15) is 0 Å². The lowest BCUT2D eigenvalue weighted by atomic mass is 10.2. The molecule has 0 radical (unpaired) electrons. The van der Waals surface area contributed by atoms with Crippen molar-refractivity contribution in [3.63, 3.8) is 0 Å². The van der Waals surface area contributed by atoms with Crippen LogP contribution in [0.15, 0.2) is 0 Å². The number of hydrogen-bond donors (Lipinski definition) is 0. The fourth-order valence-corrected chi connectivity index (χ4v) is 1.06. The molecule has 0 aromatic rings. The second kappa shape index (κ2) is 2.82.